The van der Waals surface area contributed by atoms with Crippen LogP contribution in [0, 0.1) is 5.92 Å². The van der Waals surface area contributed by atoms with Crippen LogP contribution in [0.5, 0.6) is 0 Å². The maximum Gasteiger partial charge on any atom is 0.241 e. The highest BCUT2D eigenvalue weighted by atomic mass is 32.2. The van der Waals surface area contributed by atoms with Gasteiger partial charge in [-0.25, -0.2) is 13.1 Å². The lowest BCUT2D eigenvalue weighted by molar-refractivity contribution is 0.372. The van der Waals surface area contributed by atoms with E-state index < -0.39 is 10.0 Å². The van der Waals surface area contributed by atoms with Gasteiger partial charge in [-0.1, -0.05) is 6.07 Å². The lowest BCUT2D eigenvalue weighted by Crippen LogP contribution is -2.36. The number of pyridine rings is 1. The Morgan fingerprint density at radius 1 is 1.19 bits per heavy atom. The van der Waals surface area contributed by atoms with Crippen molar-refractivity contribution in [3.05, 3.63) is 36.5 Å². The minimum atomic E-state index is -3.50. The Hall–Kier alpha value is -1.50. The summed E-state index contributed by atoms with van der Waals surface area (Å²) in [6.45, 7) is 2.43. The summed E-state index contributed by atoms with van der Waals surface area (Å²) in [5.41, 5.74) is 0.697. The Labute approximate surface area is 124 Å². The molecule has 1 aliphatic rings. The molecular weight excluding hydrogens is 286 g/mol. The first-order chi connectivity index (χ1) is 10.2. The first-order valence-electron chi connectivity index (χ1n) is 7.21. The normalized spacial score (nSPS) is 17.1. The number of hydrogen-bond donors (Lipinski definition) is 2. The average molecular weight is 305 g/mol. The number of nitrogens with zero attached hydrogens (tertiary/aromatic N) is 1. The van der Waals surface area contributed by atoms with Crippen LogP contribution in [0.4, 0.5) is 0 Å². The Morgan fingerprint density at radius 3 is 2.81 bits per heavy atom. The molecule has 6 heteroatoms. The van der Waals surface area contributed by atoms with Crippen molar-refractivity contribution in [2.24, 2.45) is 5.92 Å². The summed E-state index contributed by atoms with van der Waals surface area (Å²) in [6, 6.07) is 8.74. The van der Waals surface area contributed by atoms with Gasteiger partial charge in [0.25, 0.3) is 0 Å². The van der Waals surface area contributed by atoms with Crippen molar-refractivity contribution in [2.75, 3.05) is 19.6 Å². The quantitative estimate of drug-likeness (QED) is 0.898. The predicted octanol–water partition coefficient (Wildman–Crippen LogP) is 1.51. The topological polar surface area (TPSA) is 71.1 Å². The molecule has 3 rings (SSSR count). The minimum absolute atomic E-state index is 0.307. The SMILES string of the molecule is O=S(=O)(NCC1CCNCC1)c1cccc2ncccc12. The molecule has 2 N–H and O–H groups in total. The molecule has 0 unspecified atom stereocenters. The fourth-order valence-electron chi connectivity index (χ4n) is 2.70. The summed E-state index contributed by atoms with van der Waals surface area (Å²) in [7, 11) is -3.50. The smallest absolute Gasteiger partial charge is 0.241 e. The molecule has 0 spiro atoms. The molecule has 1 aromatic heterocycles. The summed E-state index contributed by atoms with van der Waals surface area (Å²) in [6.07, 6.45) is 3.69. The molecule has 1 aliphatic heterocycles. The number of hydrogen-bond acceptors (Lipinski definition) is 4. The molecular formula is C15H19N3O2S. The fourth-order valence-corrected chi connectivity index (χ4v) is 4.03. The lowest BCUT2D eigenvalue weighted by atomic mass is 9.99. The summed E-state index contributed by atoms with van der Waals surface area (Å²) in [4.78, 5) is 4.51. The van der Waals surface area contributed by atoms with Crippen LogP contribution in [0.15, 0.2) is 41.4 Å². The molecule has 1 saturated heterocycles. The Morgan fingerprint density at radius 2 is 2.00 bits per heavy atom. The first-order valence-corrected chi connectivity index (χ1v) is 8.69. The zero-order chi connectivity index (χ0) is 14.7. The van der Waals surface area contributed by atoms with Crippen molar-refractivity contribution < 1.29 is 8.42 Å². The molecule has 0 amide bonds. The number of fused-ring (bicyclic) bond motifs is 1. The monoisotopic (exact) mass is 305 g/mol. The summed E-state index contributed by atoms with van der Waals surface area (Å²) < 4.78 is 27.8. The summed E-state index contributed by atoms with van der Waals surface area (Å²) in [5.74, 6) is 0.411. The molecule has 0 bridgehead atoms. The highest BCUT2D eigenvalue weighted by Gasteiger charge is 2.20. The van der Waals surface area contributed by atoms with E-state index in [2.05, 4.69) is 15.0 Å². The molecule has 0 aliphatic carbocycles. The second-order valence-electron chi connectivity index (χ2n) is 5.37. The van der Waals surface area contributed by atoms with Crippen molar-refractivity contribution in [1.29, 1.82) is 0 Å². The van der Waals surface area contributed by atoms with Gasteiger partial charge < -0.3 is 5.32 Å². The van der Waals surface area contributed by atoms with Crippen LogP contribution in [-0.4, -0.2) is 33.0 Å². The highest BCUT2D eigenvalue weighted by molar-refractivity contribution is 7.89. The number of aromatic nitrogens is 1. The zero-order valence-corrected chi connectivity index (χ0v) is 12.6. The average Bonchev–Trinajstić information content (AvgIpc) is 2.53. The van der Waals surface area contributed by atoms with Crippen molar-refractivity contribution in [2.45, 2.75) is 17.7 Å². The van der Waals surface area contributed by atoms with Gasteiger partial charge in [-0.05, 0) is 56.1 Å². The summed E-state index contributed by atoms with van der Waals surface area (Å²) in [5, 5.41) is 3.95. The molecule has 1 fully saturated rings. The van der Waals surface area contributed by atoms with Gasteiger partial charge in [-0.15, -0.1) is 0 Å². The van der Waals surface area contributed by atoms with E-state index in [-0.39, 0.29) is 0 Å². The predicted molar refractivity (Wildman–Crippen MR) is 82.5 cm³/mol. The van der Waals surface area contributed by atoms with Gasteiger partial charge in [-0.3, -0.25) is 4.98 Å². The lowest BCUT2D eigenvalue weighted by Gasteiger charge is -2.22. The molecule has 0 radical (unpaired) electrons. The molecule has 21 heavy (non-hydrogen) atoms. The zero-order valence-electron chi connectivity index (χ0n) is 11.7. The van der Waals surface area contributed by atoms with E-state index in [1.54, 1.807) is 30.5 Å². The maximum atomic E-state index is 12.5. The molecule has 2 heterocycles. The van der Waals surface area contributed by atoms with Crippen molar-refractivity contribution in [3.8, 4) is 0 Å². The van der Waals surface area contributed by atoms with Crippen LogP contribution in [-0.2, 0) is 10.0 Å². The second kappa shape index (κ2) is 6.09. The van der Waals surface area contributed by atoms with Gasteiger partial charge in [0.1, 0.15) is 0 Å². The van der Waals surface area contributed by atoms with Gasteiger partial charge in [-0.2, -0.15) is 0 Å². The van der Waals surface area contributed by atoms with Crippen LogP contribution >= 0.6 is 0 Å². The molecule has 0 saturated carbocycles. The Kier molecular flexibility index (Phi) is 4.19. The number of benzene rings is 1. The van der Waals surface area contributed by atoms with Gasteiger partial charge >= 0.3 is 0 Å². The van der Waals surface area contributed by atoms with Crippen LogP contribution in [0.25, 0.3) is 10.9 Å². The van der Waals surface area contributed by atoms with Gasteiger partial charge in [0.05, 0.1) is 10.4 Å². The van der Waals surface area contributed by atoms with Crippen molar-refractivity contribution >= 4 is 20.9 Å². The van der Waals surface area contributed by atoms with Crippen LogP contribution in [0.1, 0.15) is 12.8 Å². The second-order valence-corrected chi connectivity index (χ2v) is 7.11. The number of sulfonamides is 1. The van der Waals surface area contributed by atoms with E-state index >= 15 is 0 Å². The van der Waals surface area contributed by atoms with E-state index in [1.165, 1.54) is 0 Å². The third-order valence-corrected chi connectivity index (χ3v) is 5.40. The van der Waals surface area contributed by atoms with E-state index in [9.17, 15) is 8.42 Å². The van der Waals surface area contributed by atoms with Gasteiger partial charge in [0.15, 0.2) is 0 Å². The third-order valence-electron chi connectivity index (χ3n) is 3.92. The number of rotatable bonds is 4. The van der Waals surface area contributed by atoms with E-state index in [1.807, 2.05) is 6.07 Å². The molecule has 112 valence electrons. The van der Waals surface area contributed by atoms with Crippen molar-refractivity contribution in [3.63, 3.8) is 0 Å². The summed E-state index contributed by atoms with van der Waals surface area (Å²) >= 11 is 0. The minimum Gasteiger partial charge on any atom is -0.317 e. The maximum absolute atomic E-state index is 12.5. The third kappa shape index (κ3) is 3.23. The van der Waals surface area contributed by atoms with Crippen LogP contribution in [0.3, 0.4) is 0 Å². The molecule has 0 atom stereocenters. The molecule has 2 aromatic rings. The first kappa shape index (κ1) is 14.4. The van der Waals surface area contributed by atoms with Gasteiger partial charge in [0, 0.05) is 18.1 Å². The largest absolute Gasteiger partial charge is 0.317 e. The molecule has 1 aromatic carbocycles. The van der Waals surface area contributed by atoms with E-state index in [0.29, 0.717) is 28.3 Å². The van der Waals surface area contributed by atoms with E-state index in [4.69, 9.17) is 0 Å². The standard InChI is InChI=1S/C15H19N3O2S/c19-21(20,18-11-12-6-9-16-10-7-12)15-5-1-4-14-13(15)3-2-8-17-14/h1-5,8,12,16,18H,6-7,9-11H2. The fraction of sp³-hybridized carbons (Fsp3) is 0.400. The van der Waals surface area contributed by atoms with Gasteiger partial charge in [0.2, 0.25) is 10.0 Å². The van der Waals surface area contributed by atoms with Crippen molar-refractivity contribution in [1.82, 2.24) is 15.0 Å². The molecule has 5 nitrogen and oxygen atoms in total. The Balaban J connectivity index is 1.83. The van der Waals surface area contributed by atoms with Crippen LogP contribution < -0.4 is 10.0 Å². The Bertz CT molecular complexity index is 719. The highest BCUT2D eigenvalue weighted by Crippen LogP contribution is 2.21. The number of piperidine rings is 1. The van der Waals surface area contributed by atoms with E-state index in [0.717, 1.165) is 25.9 Å². The number of nitrogens with one attached hydrogen (secondary N) is 2. The van der Waals surface area contributed by atoms with Crippen LogP contribution in [0.2, 0.25) is 0 Å².